The summed E-state index contributed by atoms with van der Waals surface area (Å²) in [6.07, 6.45) is 5.60. The molecule has 0 aromatic rings. The van der Waals surface area contributed by atoms with Gasteiger partial charge in [-0.1, -0.05) is 39.0 Å². The first-order valence-corrected chi connectivity index (χ1v) is 5.40. The molecule has 0 heterocycles. The highest BCUT2D eigenvalue weighted by molar-refractivity contribution is 5.82. The van der Waals surface area contributed by atoms with Crippen molar-refractivity contribution in [2.75, 3.05) is 0 Å². The molecule has 1 fully saturated rings. The quantitative estimate of drug-likeness (QED) is 0.658. The van der Waals surface area contributed by atoms with Gasteiger partial charge in [0, 0.05) is 6.42 Å². The molecule has 1 aliphatic carbocycles. The molecule has 0 aliphatic heterocycles. The molecular weight excluding hydrogens is 167 g/mol. The topological polar surface area (TPSA) is 17.1 Å². The summed E-state index contributed by atoms with van der Waals surface area (Å²) >= 11 is 0. The highest BCUT2D eigenvalue weighted by Crippen LogP contribution is 2.28. The van der Waals surface area contributed by atoms with Crippen molar-refractivity contribution in [2.24, 2.45) is 5.92 Å². The van der Waals surface area contributed by atoms with Crippen molar-refractivity contribution in [2.45, 2.75) is 58.0 Å². The van der Waals surface area contributed by atoms with Crippen molar-refractivity contribution in [3.05, 3.63) is 0 Å². The third-order valence-corrected chi connectivity index (χ3v) is 2.96. The molecule has 2 heteroatoms. The Morgan fingerprint density at radius 3 is 2.54 bits per heavy atom. The van der Waals surface area contributed by atoms with Gasteiger partial charge in [0.1, 0.15) is 0 Å². The molecule has 76 valence electrons. The third kappa shape index (κ3) is 3.45. The van der Waals surface area contributed by atoms with Gasteiger partial charge in [0.2, 0.25) is 0 Å². The maximum Gasteiger partial charge on any atom is 0.166 e. The maximum atomic E-state index is 13.2. The van der Waals surface area contributed by atoms with Gasteiger partial charge in [-0.15, -0.1) is 0 Å². The van der Waals surface area contributed by atoms with E-state index in [0.717, 1.165) is 12.8 Å². The Bertz CT molecular complexity index is 161. The first kappa shape index (κ1) is 10.7. The van der Waals surface area contributed by atoms with Crippen LogP contribution in [0.25, 0.3) is 0 Å². The molecule has 1 atom stereocenters. The van der Waals surface area contributed by atoms with E-state index in [9.17, 15) is 9.18 Å². The summed E-state index contributed by atoms with van der Waals surface area (Å²) in [5.74, 6) is 0.254. The Morgan fingerprint density at radius 2 is 2.00 bits per heavy atom. The third-order valence-electron chi connectivity index (χ3n) is 2.96. The van der Waals surface area contributed by atoms with E-state index in [-0.39, 0.29) is 5.78 Å². The average Bonchev–Trinajstić information content (AvgIpc) is 2.18. The number of hydrogen-bond acceptors (Lipinski definition) is 1. The summed E-state index contributed by atoms with van der Waals surface area (Å²) in [5.41, 5.74) is 0. The van der Waals surface area contributed by atoms with Gasteiger partial charge in [-0.25, -0.2) is 4.39 Å². The Kier molecular flexibility index (Phi) is 4.40. The van der Waals surface area contributed by atoms with E-state index in [2.05, 4.69) is 0 Å². The van der Waals surface area contributed by atoms with Crippen molar-refractivity contribution >= 4 is 5.78 Å². The minimum absolute atomic E-state index is 0.217. The van der Waals surface area contributed by atoms with E-state index in [1.165, 1.54) is 19.3 Å². The molecule has 0 bridgehead atoms. The summed E-state index contributed by atoms with van der Waals surface area (Å²) < 4.78 is 13.2. The fourth-order valence-electron chi connectivity index (χ4n) is 2.07. The fraction of sp³-hybridized carbons (Fsp3) is 0.909. The van der Waals surface area contributed by atoms with Crippen LogP contribution in [0, 0.1) is 5.92 Å². The predicted molar refractivity (Wildman–Crippen MR) is 51.4 cm³/mol. The lowest BCUT2D eigenvalue weighted by Crippen LogP contribution is -2.20. The molecule has 0 radical (unpaired) electrons. The Labute approximate surface area is 79.7 Å². The van der Waals surface area contributed by atoms with Crippen LogP contribution in [0.1, 0.15) is 51.9 Å². The second-order valence-electron chi connectivity index (χ2n) is 4.03. The van der Waals surface area contributed by atoms with Crippen molar-refractivity contribution in [3.63, 3.8) is 0 Å². The SMILES string of the molecule is CCC(=O)[C@@H](F)CC1CCCCC1. The van der Waals surface area contributed by atoms with Crippen LogP contribution in [-0.2, 0) is 4.79 Å². The Morgan fingerprint density at radius 1 is 1.38 bits per heavy atom. The normalized spacial score (nSPS) is 21.4. The first-order chi connectivity index (χ1) is 6.24. The number of halogens is 1. The van der Waals surface area contributed by atoms with Gasteiger partial charge in [-0.3, -0.25) is 4.79 Å². The highest BCUT2D eigenvalue weighted by atomic mass is 19.1. The summed E-state index contributed by atoms with van der Waals surface area (Å²) in [6.45, 7) is 1.73. The summed E-state index contributed by atoms with van der Waals surface area (Å²) in [5, 5.41) is 0. The molecule has 0 aromatic heterocycles. The van der Waals surface area contributed by atoms with Crippen LogP contribution in [0.4, 0.5) is 4.39 Å². The number of hydrogen-bond donors (Lipinski definition) is 0. The standard InChI is InChI=1S/C11H19FO/c1-2-11(13)10(12)8-9-6-4-3-5-7-9/h9-10H,2-8H2,1H3/t10-/m0/s1. The zero-order chi connectivity index (χ0) is 9.68. The molecule has 1 rings (SSSR count). The number of Topliss-reactive ketones (excluding diaryl/α,β-unsaturated/α-hetero) is 1. The summed E-state index contributed by atoms with van der Waals surface area (Å²) in [6, 6.07) is 0. The lowest BCUT2D eigenvalue weighted by molar-refractivity contribution is -0.124. The van der Waals surface area contributed by atoms with Gasteiger partial charge in [-0.05, 0) is 12.3 Å². The number of carbonyl (C=O) groups excluding carboxylic acids is 1. The molecule has 0 unspecified atom stereocenters. The molecule has 0 N–H and O–H groups in total. The van der Waals surface area contributed by atoms with Crippen molar-refractivity contribution in [1.29, 1.82) is 0 Å². The van der Waals surface area contributed by atoms with Crippen LogP contribution in [0.2, 0.25) is 0 Å². The van der Waals surface area contributed by atoms with E-state index in [0.29, 0.717) is 18.8 Å². The van der Waals surface area contributed by atoms with E-state index < -0.39 is 6.17 Å². The van der Waals surface area contributed by atoms with Gasteiger partial charge in [0.15, 0.2) is 12.0 Å². The Balaban J connectivity index is 2.25. The van der Waals surface area contributed by atoms with Crippen LogP contribution in [0.15, 0.2) is 0 Å². The zero-order valence-electron chi connectivity index (χ0n) is 8.39. The van der Waals surface area contributed by atoms with Gasteiger partial charge in [-0.2, -0.15) is 0 Å². The minimum Gasteiger partial charge on any atom is -0.296 e. The Hall–Kier alpha value is -0.400. The first-order valence-electron chi connectivity index (χ1n) is 5.40. The molecular formula is C11H19FO. The van der Waals surface area contributed by atoms with E-state index >= 15 is 0 Å². The fourth-order valence-corrected chi connectivity index (χ4v) is 2.07. The van der Waals surface area contributed by atoms with Crippen LogP contribution in [-0.4, -0.2) is 12.0 Å². The minimum atomic E-state index is -1.19. The number of ketones is 1. The monoisotopic (exact) mass is 186 g/mol. The van der Waals surface area contributed by atoms with Gasteiger partial charge in [0.25, 0.3) is 0 Å². The van der Waals surface area contributed by atoms with Crippen molar-refractivity contribution in [1.82, 2.24) is 0 Å². The number of alkyl halides is 1. The second kappa shape index (κ2) is 5.36. The lowest BCUT2D eigenvalue weighted by Gasteiger charge is -2.22. The van der Waals surface area contributed by atoms with E-state index in [1.807, 2.05) is 0 Å². The molecule has 0 amide bonds. The average molecular weight is 186 g/mol. The summed E-state index contributed by atoms with van der Waals surface area (Å²) in [7, 11) is 0. The second-order valence-corrected chi connectivity index (χ2v) is 4.03. The van der Waals surface area contributed by atoms with Gasteiger partial charge < -0.3 is 0 Å². The van der Waals surface area contributed by atoms with Crippen LogP contribution < -0.4 is 0 Å². The molecule has 0 spiro atoms. The van der Waals surface area contributed by atoms with Crippen LogP contribution >= 0.6 is 0 Å². The molecule has 13 heavy (non-hydrogen) atoms. The van der Waals surface area contributed by atoms with Crippen LogP contribution in [0.5, 0.6) is 0 Å². The molecule has 1 nitrogen and oxygen atoms in total. The van der Waals surface area contributed by atoms with E-state index in [4.69, 9.17) is 0 Å². The van der Waals surface area contributed by atoms with Crippen molar-refractivity contribution < 1.29 is 9.18 Å². The predicted octanol–water partition coefficient (Wildman–Crippen LogP) is 3.27. The van der Waals surface area contributed by atoms with Gasteiger partial charge >= 0.3 is 0 Å². The lowest BCUT2D eigenvalue weighted by atomic mass is 9.85. The van der Waals surface area contributed by atoms with Crippen molar-refractivity contribution in [3.8, 4) is 0 Å². The highest BCUT2D eigenvalue weighted by Gasteiger charge is 2.22. The summed E-state index contributed by atoms with van der Waals surface area (Å²) in [4.78, 5) is 11.0. The molecule has 0 aromatic carbocycles. The number of carbonyl (C=O) groups is 1. The van der Waals surface area contributed by atoms with Crippen LogP contribution in [0.3, 0.4) is 0 Å². The molecule has 1 aliphatic rings. The largest absolute Gasteiger partial charge is 0.296 e. The smallest absolute Gasteiger partial charge is 0.166 e. The maximum absolute atomic E-state index is 13.2. The molecule has 0 saturated heterocycles. The number of rotatable bonds is 4. The van der Waals surface area contributed by atoms with E-state index in [1.54, 1.807) is 6.92 Å². The zero-order valence-corrected chi connectivity index (χ0v) is 8.39. The van der Waals surface area contributed by atoms with Gasteiger partial charge in [0.05, 0.1) is 0 Å². The molecule has 1 saturated carbocycles.